The molecule has 1 heterocycles. The molecule has 0 aliphatic carbocycles. The molecule has 1 aliphatic heterocycles. The number of rotatable bonds is 3. The van der Waals surface area contributed by atoms with Crippen LogP contribution < -0.4 is 14.4 Å². The molecule has 0 saturated heterocycles. The van der Waals surface area contributed by atoms with Crippen LogP contribution in [-0.4, -0.2) is 33.2 Å². The number of halogens is 1. The highest BCUT2D eigenvalue weighted by Gasteiger charge is 2.31. The molecular weight excluding hydrogens is 388 g/mol. The molecule has 0 fully saturated rings. The zero-order chi connectivity index (χ0) is 19.8. The summed E-state index contributed by atoms with van der Waals surface area (Å²) in [6, 6.07) is 10.5. The van der Waals surface area contributed by atoms with Gasteiger partial charge < -0.3 is 10.1 Å². The standard InChI is InChI=1S/C19H21ClN2O4S/c1-12-5-4-6-13(2)18(12)21-19(23)17-9-10-22(27(3,24)25)15-11-14(20)7-8-16(15)26-17/h4-8,11,17H,9-10H2,1-3H3,(H,21,23). The Morgan fingerprint density at radius 2 is 1.89 bits per heavy atom. The third-order valence-electron chi connectivity index (χ3n) is 4.48. The summed E-state index contributed by atoms with van der Waals surface area (Å²) in [4.78, 5) is 12.8. The SMILES string of the molecule is Cc1cccc(C)c1NC(=O)C1CCN(S(C)(=O)=O)c2cc(Cl)ccc2O1. The van der Waals surface area contributed by atoms with E-state index in [2.05, 4.69) is 5.32 Å². The molecule has 27 heavy (non-hydrogen) atoms. The van der Waals surface area contributed by atoms with Crippen LogP contribution in [0.5, 0.6) is 5.75 Å². The second-order valence-electron chi connectivity index (χ2n) is 6.60. The fraction of sp³-hybridized carbons (Fsp3) is 0.316. The molecule has 2 aromatic carbocycles. The predicted octanol–water partition coefficient (Wildman–Crippen LogP) is 3.51. The molecule has 144 valence electrons. The second kappa shape index (κ2) is 7.40. The molecule has 0 radical (unpaired) electrons. The van der Waals surface area contributed by atoms with Gasteiger partial charge in [0.1, 0.15) is 5.75 Å². The number of ether oxygens (including phenoxy) is 1. The molecule has 1 N–H and O–H groups in total. The van der Waals surface area contributed by atoms with E-state index < -0.39 is 16.1 Å². The Kier molecular flexibility index (Phi) is 5.35. The van der Waals surface area contributed by atoms with E-state index in [1.54, 1.807) is 12.1 Å². The summed E-state index contributed by atoms with van der Waals surface area (Å²) in [6.07, 6.45) is 0.515. The lowest BCUT2D eigenvalue weighted by Crippen LogP contribution is -2.36. The molecule has 1 atom stereocenters. The van der Waals surface area contributed by atoms with Gasteiger partial charge in [-0.05, 0) is 43.2 Å². The van der Waals surface area contributed by atoms with Crippen molar-refractivity contribution < 1.29 is 17.9 Å². The lowest BCUT2D eigenvalue weighted by Gasteiger charge is -2.21. The van der Waals surface area contributed by atoms with Gasteiger partial charge in [0.05, 0.1) is 11.9 Å². The van der Waals surface area contributed by atoms with Gasteiger partial charge in [0, 0.05) is 23.7 Å². The summed E-state index contributed by atoms with van der Waals surface area (Å²) < 4.78 is 31.5. The van der Waals surface area contributed by atoms with Crippen molar-refractivity contribution in [2.75, 3.05) is 22.4 Å². The lowest BCUT2D eigenvalue weighted by atomic mass is 10.1. The van der Waals surface area contributed by atoms with E-state index in [1.807, 2.05) is 32.0 Å². The first-order valence-corrected chi connectivity index (χ1v) is 10.7. The summed E-state index contributed by atoms with van der Waals surface area (Å²) >= 11 is 6.03. The van der Waals surface area contributed by atoms with Crippen molar-refractivity contribution in [2.24, 2.45) is 0 Å². The number of anilines is 2. The molecule has 2 aromatic rings. The van der Waals surface area contributed by atoms with Crippen molar-refractivity contribution in [2.45, 2.75) is 26.4 Å². The number of hydrogen-bond acceptors (Lipinski definition) is 4. The topological polar surface area (TPSA) is 75.7 Å². The van der Waals surface area contributed by atoms with Gasteiger partial charge in [0.25, 0.3) is 5.91 Å². The van der Waals surface area contributed by atoms with Crippen LogP contribution in [0, 0.1) is 13.8 Å². The number of amides is 1. The number of carbonyl (C=O) groups is 1. The Hall–Kier alpha value is -2.25. The maximum absolute atomic E-state index is 12.8. The average Bonchev–Trinajstić information content (AvgIpc) is 2.77. The summed E-state index contributed by atoms with van der Waals surface area (Å²) in [5, 5.41) is 3.31. The number of benzene rings is 2. The number of aryl methyl sites for hydroxylation is 2. The number of para-hydroxylation sites is 1. The summed E-state index contributed by atoms with van der Waals surface area (Å²) in [6.45, 7) is 3.95. The van der Waals surface area contributed by atoms with E-state index in [0.717, 1.165) is 23.1 Å². The Balaban J connectivity index is 1.91. The largest absolute Gasteiger partial charge is 0.478 e. The molecule has 3 rings (SSSR count). The van der Waals surface area contributed by atoms with E-state index in [9.17, 15) is 13.2 Å². The van der Waals surface area contributed by atoms with Gasteiger partial charge in [0.2, 0.25) is 10.0 Å². The van der Waals surface area contributed by atoms with Crippen LogP contribution in [0.15, 0.2) is 36.4 Å². The van der Waals surface area contributed by atoms with E-state index in [1.165, 1.54) is 10.4 Å². The van der Waals surface area contributed by atoms with Crippen molar-refractivity contribution in [3.8, 4) is 5.75 Å². The van der Waals surface area contributed by atoms with Crippen LogP contribution in [0.25, 0.3) is 0 Å². The number of fused-ring (bicyclic) bond motifs is 1. The number of nitrogens with one attached hydrogen (secondary N) is 1. The van der Waals surface area contributed by atoms with E-state index in [0.29, 0.717) is 16.5 Å². The molecule has 6 nitrogen and oxygen atoms in total. The predicted molar refractivity (Wildman–Crippen MR) is 107 cm³/mol. The van der Waals surface area contributed by atoms with Gasteiger partial charge in [-0.3, -0.25) is 9.10 Å². The first kappa shape index (κ1) is 19.5. The molecule has 1 unspecified atom stereocenters. The Bertz CT molecular complexity index is 971. The quantitative estimate of drug-likeness (QED) is 0.843. The van der Waals surface area contributed by atoms with Crippen molar-refractivity contribution in [1.29, 1.82) is 0 Å². The number of nitrogens with zero attached hydrogens (tertiary/aromatic N) is 1. The van der Waals surface area contributed by atoms with Crippen LogP contribution >= 0.6 is 11.6 Å². The van der Waals surface area contributed by atoms with Crippen molar-refractivity contribution >= 4 is 38.9 Å². The first-order chi connectivity index (χ1) is 12.7. The zero-order valence-corrected chi connectivity index (χ0v) is 16.9. The van der Waals surface area contributed by atoms with Crippen LogP contribution in [0.4, 0.5) is 11.4 Å². The minimum Gasteiger partial charge on any atom is -0.478 e. The Morgan fingerprint density at radius 1 is 1.22 bits per heavy atom. The molecule has 8 heteroatoms. The monoisotopic (exact) mass is 408 g/mol. The third kappa shape index (κ3) is 4.20. The fourth-order valence-corrected chi connectivity index (χ4v) is 4.20. The number of hydrogen-bond donors (Lipinski definition) is 1. The maximum Gasteiger partial charge on any atom is 0.265 e. The van der Waals surface area contributed by atoms with Gasteiger partial charge in [-0.25, -0.2) is 8.42 Å². The molecule has 0 bridgehead atoms. The van der Waals surface area contributed by atoms with Gasteiger partial charge >= 0.3 is 0 Å². The van der Waals surface area contributed by atoms with Gasteiger partial charge in [-0.2, -0.15) is 0 Å². The van der Waals surface area contributed by atoms with Gasteiger partial charge in [-0.1, -0.05) is 29.8 Å². The number of carbonyl (C=O) groups excluding carboxylic acids is 1. The minimum atomic E-state index is -3.54. The molecule has 1 amide bonds. The van der Waals surface area contributed by atoms with Gasteiger partial charge in [0.15, 0.2) is 6.10 Å². The molecular formula is C19H21ClN2O4S. The zero-order valence-electron chi connectivity index (χ0n) is 15.3. The van der Waals surface area contributed by atoms with Crippen molar-refractivity contribution in [3.05, 3.63) is 52.5 Å². The minimum absolute atomic E-state index is 0.122. The maximum atomic E-state index is 12.8. The highest BCUT2D eigenvalue weighted by atomic mass is 35.5. The smallest absolute Gasteiger partial charge is 0.265 e. The normalized spacial score (nSPS) is 16.9. The van der Waals surface area contributed by atoms with Crippen LogP contribution in [0.3, 0.4) is 0 Å². The second-order valence-corrected chi connectivity index (χ2v) is 8.94. The van der Waals surface area contributed by atoms with Crippen molar-refractivity contribution in [1.82, 2.24) is 0 Å². The van der Waals surface area contributed by atoms with Crippen LogP contribution in [-0.2, 0) is 14.8 Å². The summed E-state index contributed by atoms with van der Waals surface area (Å²) in [5.41, 5.74) is 2.97. The Labute approximate surface area is 164 Å². The highest BCUT2D eigenvalue weighted by Crippen LogP contribution is 2.36. The summed E-state index contributed by atoms with van der Waals surface area (Å²) in [7, 11) is -3.54. The average molecular weight is 409 g/mol. The van der Waals surface area contributed by atoms with Crippen LogP contribution in [0.2, 0.25) is 5.02 Å². The van der Waals surface area contributed by atoms with Crippen LogP contribution in [0.1, 0.15) is 17.5 Å². The van der Waals surface area contributed by atoms with E-state index >= 15 is 0 Å². The Morgan fingerprint density at radius 3 is 2.52 bits per heavy atom. The highest BCUT2D eigenvalue weighted by molar-refractivity contribution is 7.92. The first-order valence-electron chi connectivity index (χ1n) is 8.48. The fourth-order valence-electron chi connectivity index (χ4n) is 3.10. The van der Waals surface area contributed by atoms with E-state index in [4.69, 9.17) is 16.3 Å². The third-order valence-corrected chi connectivity index (χ3v) is 5.89. The van der Waals surface area contributed by atoms with Gasteiger partial charge in [-0.15, -0.1) is 0 Å². The molecule has 0 spiro atoms. The van der Waals surface area contributed by atoms with E-state index in [-0.39, 0.29) is 18.9 Å². The molecule has 1 aliphatic rings. The molecule has 0 aromatic heterocycles. The van der Waals surface area contributed by atoms with Crippen molar-refractivity contribution in [3.63, 3.8) is 0 Å². The molecule has 0 saturated carbocycles. The lowest BCUT2D eigenvalue weighted by molar-refractivity contribution is -0.122. The summed E-state index contributed by atoms with van der Waals surface area (Å²) in [5.74, 6) is -0.00682. The number of sulfonamides is 1.